The molecule has 3 fully saturated rings. The normalized spacial score (nSPS) is 33.6. The van der Waals surface area contributed by atoms with E-state index in [2.05, 4.69) is 10.2 Å². The van der Waals surface area contributed by atoms with Gasteiger partial charge in [0, 0.05) is 30.5 Å². The van der Waals surface area contributed by atoms with E-state index in [9.17, 15) is 19.8 Å². The second kappa shape index (κ2) is 8.12. The maximum Gasteiger partial charge on any atom is 0.451 e. The first-order chi connectivity index (χ1) is 14.6. The number of aliphatic hydroxyl groups excluding tert-OH is 1. The van der Waals surface area contributed by atoms with Crippen LogP contribution in [0.5, 0.6) is 0 Å². The zero-order valence-corrected chi connectivity index (χ0v) is 17.6. The summed E-state index contributed by atoms with van der Waals surface area (Å²) in [5, 5.41) is 41.6. The standard InChI is InChI=1S/C20H30BN3O7/c1-10-6-11(2-4-21(29)30)15(25)14(19(27)28)16(10)31-12-8-24(9-12)13-7-20(13)3-5-23-17(20)18(22)26/h10,12-13,17,23,25,29-30H,2-9H2,1H3,(H2,22,26)(H,27,28)/t10?,13?,17?,20-/m1/s1. The number of allylic oxidation sites excluding steroid dienone is 2. The number of hydrogen-bond acceptors (Lipinski definition) is 8. The van der Waals surface area contributed by atoms with Crippen molar-refractivity contribution < 1.29 is 34.6 Å². The summed E-state index contributed by atoms with van der Waals surface area (Å²) in [7, 11) is -1.51. The van der Waals surface area contributed by atoms with Gasteiger partial charge in [0.1, 0.15) is 23.2 Å². The van der Waals surface area contributed by atoms with E-state index < -0.39 is 13.1 Å². The molecule has 7 N–H and O–H groups in total. The Morgan fingerprint density at radius 1 is 1.35 bits per heavy atom. The second-order valence-corrected chi connectivity index (χ2v) is 9.31. The van der Waals surface area contributed by atoms with Crippen molar-refractivity contribution in [3.8, 4) is 0 Å². The highest BCUT2D eigenvalue weighted by Crippen LogP contribution is 2.58. The number of carboxylic acids is 1. The van der Waals surface area contributed by atoms with Crippen LogP contribution in [0.4, 0.5) is 0 Å². The van der Waals surface area contributed by atoms with Gasteiger partial charge < -0.3 is 36.0 Å². The molecule has 0 radical (unpaired) electrons. The fourth-order valence-corrected chi connectivity index (χ4v) is 5.54. The van der Waals surface area contributed by atoms with Crippen LogP contribution in [0.2, 0.25) is 6.32 Å². The molecule has 31 heavy (non-hydrogen) atoms. The van der Waals surface area contributed by atoms with Gasteiger partial charge in [-0.3, -0.25) is 9.69 Å². The minimum atomic E-state index is -1.51. The van der Waals surface area contributed by atoms with Crippen molar-refractivity contribution >= 4 is 19.0 Å². The average Bonchev–Trinajstić information content (AvgIpc) is 3.16. The Morgan fingerprint density at radius 2 is 2.06 bits per heavy atom. The van der Waals surface area contributed by atoms with Crippen LogP contribution in [0, 0.1) is 11.3 Å². The number of hydrogen-bond donors (Lipinski definition) is 6. The van der Waals surface area contributed by atoms with Gasteiger partial charge in [0.25, 0.3) is 0 Å². The number of rotatable bonds is 8. The van der Waals surface area contributed by atoms with E-state index in [4.69, 9.17) is 20.5 Å². The Morgan fingerprint density at radius 3 is 2.68 bits per heavy atom. The number of amides is 1. The number of carbonyl (C=O) groups excluding carboxylic acids is 1. The van der Waals surface area contributed by atoms with Crippen molar-refractivity contribution in [1.82, 2.24) is 10.2 Å². The Bertz CT molecular complexity index is 839. The van der Waals surface area contributed by atoms with Crippen LogP contribution in [-0.2, 0) is 14.3 Å². The van der Waals surface area contributed by atoms with Gasteiger partial charge in [0.2, 0.25) is 5.91 Å². The summed E-state index contributed by atoms with van der Waals surface area (Å²) in [5.74, 6) is -1.88. The number of primary amides is 1. The topological polar surface area (TPSA) is 166 Å². The van der Waals surface area contributed by atoms with Gasteiger partial charge in [-0.1, -0.05) is 6.92 Å². The average molecular weight is 435 g/mol. The Hall–Kier alpha value is -2.08. The molecule has 2 aliphatic carbocycles. The van der Waals surface area contributed by atoms with Gasteiger partial charge in [0.05, 0.1) is 6.04 Å². The lowest BCUT2D eigenvalue weighted by molar-refractivity contribution is -0.133. The smallest absolute Gasteiger partial charge is 0.451 e. The van der Waals surface area contributed by atoms with Crippen molar-refractivity contribution in [3.05, 3.63) is 22.7 Å². The summed E-state index contributed by atoms with van der Waals surface area (Å²) in [6, 6.07) is -0.0172. The zero-order chi connectivity index (χ0) is 22.5. The third kappa shape index (κ3) is 3.95. The first kappa shape index (κ1) is 22.1. The minimum Gasteiger partial charge on any atom is -0.507 e. The van der Waals surface area contributed by atoms with Crippen LogP contribution in [0.15, 0.2) is 22.7 Å². The number of carboxylic acid groups (broad SMARTS) is 1. The highest BCUT2D eigenvalue weighted by Gasteiger charge is 2.66. The molecule has 4 atom stereocenters. The highest BCUT2D eigenvalue weighted by atomic mass is 16.5. The summed E-state index contributed by atoms with van der Waals surface area (Å²) in [4.78, 5) is 25.8. The lowest BCUT2D eigenvalue weighted by Crippen LogP contribution is -2.55. The molecule has 4 rings (SSSR count). The highest BCUT2D eigenvalue weighted by molar-refractivity contribution is 6.41. The molecule has 2 heterocycles. The summed E-state index contributed by atoms with van der Waals surface area (Å²) in [6.07, 6.45) is 2.29. The quantitative estimate of drug-likeness (QED) is 0.272. The fraction of sp³-hybridized carbons (Fsp3) is 0.700. The fourth-order valence-electron chi connectivity index (χ4n) is 5.54. The zero-order valence-electron chi connectivity index (χ0n) is 17.6. The predicted octanol–water partition coefficient (Wildman–Crippen LogP) is -0.653. The first-order valence-corrected chi connectivity index (χ1v) is 10.8. The van der Waals surface area contributed by atoms with Gasteiger partial charge in [-0.25, -0.2) is 4.79 Å². The molecule has 11 heteroatoms. The van der Waals surface area contributed by atoms with Gasteiger partial charge in [-0.2, -0.15) is 0 Å². The van der Waals surface area contributed by atoms with Crippen molar-refractivity contribution in [3.63, 3.8) is 0 Å². The second-order valence-electron chi connectivity index (χ2n) is 9.31. The summed E-state index contributed by atoms with van der Waals surface area (Å²) in [5.41, 5.74) is 5.71. The number of aliphatic carboxylic acids is 1. The Balaban J connectivity index is 1.41. The van der Waals surface area contributed by atoms with Gasteiger partial charge in [-0.15, -0.1) is 0 Å². The number of nitrogens with two attached hydrogens (primary N) is 1. The molecule has 10 nitrogen and oxygen atoms in total. The van der Waals surface area contributed by atoms with E-state index in [1.54, 1.807) is 0 Å². The molecule has 170 valence electrons. The molecule has 0 aromatic heterocycles. The third-order valence-electron chi connectivity index (χ3n) is 7.22. The monoisotopic (exact) mass is 435 g/mol. The molecule has 2 aliphatic heterocycles. The van der Waals surface area contributed by atoms with E-state index in [1.807, 2.05) is 6.92 Å². The largest absolute Gasteiger partial charge is 0.507 e. The molecule has 1 saturated carbocycles. The van der Waals surface area contributed by atoms with Crippen LogP contribution in [0.1, 0.15) is 32.6 Å². The van der Waals surface area contributed by atoms with Crippen LogP contribution in [0.25, 0.3) is 0 Å². The molecule has 2 saturated heterocycles. The van der Waals surface area contributed by atoms with Gasteiger partial charge in [-0.05, 0) is 44.1 Å². The van der Waals surface area contributed by atoms with Crippen LogP contribution >= 0.6 is 0 Å². The summed E-state index contributed by atoms with van der Waals surface area (Å²) >= 11 is 0. The number of nitrogens with zero attached hydrogens (tertiary/aromatic N) is 1. The van der Waals surface area contributed by atoms with Crippen molar-refractivity contribution in [2.45, 2.75) is 57.1 Å². The molecule has 0 aromatic carbocycles. The van der Waals surface area contributed by atoms with Gasteiger partial charge >= 0.3 is 13.1 Å². The van der Waals surface area contributed by atoms with E-state index >= 15 is 0 Å². The van der Waals surface area contributed by atoms with Crippen LogP contribution in [-0.4, -0.2) is 82.0 Å². The summed E-state index contributed by atoms with van der Waals surface area (Å²) in [6.45, 7) is 3.89. The summed E-state index contributed by atoms with van der Waals surface area (Å²) < 4.78 is 6.05. The maximum absolute atomic E-state index is 11.9. The van der Waals surface area contributed by atoms with E-state index in [0.717, 1.165) is 19.4 Å². The molecular formula is C20H30BN3O7. The predicted molar refractivity (Wildman–Crippen MR) is 111 cm³/mol. The molecule has 1 spiro atoms. The Kier molecular flexibility index (Phi) is 5.80. The van der Waals surface area contributed by atoms with E-state index in [0.29, 0.717) is 25.1 Å². The SMILES string of the molecule is CC1CC(CCB(O)O)=C(O)C(C(=O)O)=C1OC1CN(C2C[C@]23CCNC3C(N)=O)C1. The molecule has 0 aromatic rings. The number of carbonyl (C=O) groups is 2. The minimum absolute atomic E-state index is 0.0249. The number of likely N-dealkylation sites (tertiary alicyclic amines) is 1. The Labute approximate surface area is 180 Å². The molecule has 3 unspecified atom stereocenters. The molecular weight excluding hydrogens is 405 g/mol. The number of aliphatic hydroxyl groups is 1. The molecule has 0 bridgehead atoms. The molecule has 4 aliphatic rings. The van der Waals surface area contributed by atoms with E-state index in [1.165, 1.54) is 0 Å². The van der Waals surface area contributed by atoms with Crippen LogP contribution < -0.4 is 11.1 Å². The van der Waals surface area contributed by atoms with E-state index in [-0.39, 0.29) is 65.3 Å². The molecule has 1 amide bonds. The van der Waals surface area contributed by atoms with Crippen molar-refractivity contribution in [2.75, 3.05) is 19.6 Å². The lowest BCUT2D eigenvalue weighted by atomic mass is 9.78. The number of nitrogens with one attached hydrogen (secondary N) is 1. The van der Waals surface area contributed by atoms with Gasteiger partial charge in [0.15, 0.2) is 0 Å². The van der Waals surface area contributed by atoms with Crippen molar-refractivity contribution in [1.29, 1.82) is 0 Å². The number of ether oxygens (including phenoxy) is 1. The van der Waals surface area contributed by atoms with Crippen molar-refractivity contribution in [2.24, 2.45) is 17.1 Å². The maximum atomic E-state index is 11.9. The third-order valence-corrected chi connectivity index (χ3v) is 7.22. The first-order valence-electron chi connectivity index (χ1n) is 10.8. The van der Waals surface area contributed by atoms with Crippen LogP contribution in [0.3, 0.4) is 0 Å². The lowest BCUT2D eigenvalue weighted by Gasteiger charge is -2.42.